The number of carbonyl (C=O) groups is 1. The van der Waals surface area contributed by atoms with Crippen LogP contribution >= 0.6 is 0 Å². The van der Waals surface area contributed by atoms with Crippen molar-refractivity contribution in [2.45, 2.75) is 43.2 Å². The van der Waals surface area contributed by atoms with Crippen LogP contribution in [0.1, 0.15) is 36.9 Å². The van der Waals surface area contributed by atoms with Gasteiger partial charge in [-0.2, -0.15) is 0 Å². The minimum absolute atomic E-state index is 0.145. The topological polar surface area (TPSA) is 78.5 Å². The minimum atomic E-state index is -3.55. The maximum absolute atomic E-state index is 12.7. The molecule has 7 heteroatoms. The zero-order chi connectivity index (χ0) is 20.3. The molecular formula is C21H27N3O3S. The third kappa shape index (κ3) is 4.43. The van der Waals surface area contributed by atoms with Crippen molar-refractivity contribution < 1.29 is 13.2 Å². The van der Waals surface area contributed by atoms with E-state index >= 15 is 0 Å². The van der Waals surface area contributed by atoms with Crippen LogP contribution in [-0.2, 0) is 21.2 Å². The summed E-state index contributed by atoms with van der Waals surface area (Å²) in [4.78, 5) is 12.8. The van der Waals surface area contributed by atoms with E-state index in [4.69, 9.17) is 0 Å². The van der Waals surface area contributed by atoms with Crippen molar-refractivity contribution in [1.82, 2.24) is 9.62 Å². The van der Waals surface area contributed by atoms with E-state index in [1.165, 1.54) is 37.4 Å². The fraction of sp³-hybridized carbons (Fsp3) is 0.381. The zero-order valence-corrected chi connectivity index (χ0v) is 17.3. The highest BCUT2D eigenvalue weighted by atomic mass is 32.2. The first-order chi connectivity index (χ1) is 13.3. The summed E-state index contributed by atoms with van der Waals surface area (Å²) in [6.07, 6.45) is 3.15. The van der Waals surface area contributed by atoms with Gasteiger partial charge < -0.3 is 5.32 Å². The molecule has 28 heavy (non-hydrogen) atoms. The van der Waals surface area contributed by atoms with Crippen molar-refractivity contribution in [3.63, 3.8) is 0 Å². The SMILES string of the molecule is C[C@H](N[C@@H]1CCCc2ccccc21)C(=O)Nc1cccc(S(=O)(=O)N(C)C)c1. The van der Waals surface area contributed by atoms with Crippen LogP contribution in [0.3, 0.4) is 0 Å². The van der Waals surface area contributed by atoms with E-state index in [0.29, 0.717) is 5.69 Å². The Bertz CT molecular complexity index is 957. The summed E-state index contributed by atoms with van der Waals surface area (Å²) in [6.45, 7) is 1.83. The molecule has 0 aliphatic heterocycles. The number of amides is 1. The summed E-state index contributed by atoms with van der Waals surface area (Å²) in [7, 11) is -0.584. The fourth-order valence-electron chi connectivity index (χ4n) is 3.50. The summed E-state index contributed by atoms with van der Waals surface area (Å²) in [5.74, 6) is -0.192. The van der Waals surface area contributed by atoms with Crippen molar-refractivity contribution in [3.05, 3.63) is 59.7 Å². The number of fused-ring (bicyclic) bond motifs is 1. The molecule has 3 rings (SSSR count). The molecule has 2 aromatic carbocycles. The van der Waals surface area contributed by atoms with Crippen molar-refractivity contribution in [2.75, 3.05) is 19.4 Å². The van der Waals surface area contributed by atoms with E-state index in [9.17, 15) is 13.2 Å². The number of hydrogen-bond acceptors (Lipinski definition) is 4. The first-order valence-corrected chi connectivity index (χ1v) is 10.9. The van der Waals surface area contributed by atoms with Crippen LogP contribution in [0.5, 0.6) is 0 Å². The lowest BCUT2D eigenvalue weighted by Crippen LogP contribution is -2.41. The summed E-state index contributed by atoms with van der Waals surface area (Å²) in [5, 5.41) is 6.24. The molecule has 2 atom stereocenters. The molecule has 0 fully saturated rings. The molecule has 150 valence electrons. The first kappa shape index (κ1) is 20.5. The van der Waals surface area contributed by atoms with E-state index in [0.717, 1.165) is 23.6 Å². The number of aryl methyl sites for hydroxylation is 1. The molecule has 0 unspecified atom stereocenters. The number of benzene rings is 2. The number of rotatable bonds is 6. The van der Waals surface area contributed by atoms with Crippen LogP contribution < -0.4 is 10.6 Å². The van der Waals surface area contributed by atoms with Gasteiger partial charge in [0.05, 0.1) is 10.9 Å². The molecule has 0 saturated carbocycles. The highest BCUT2D eigenvalue weighted by Crippen LogP contribution is 2.29. The standard InChI is InChI=1S/C21H27N3O3S/c1-15(22-20-13-6-9-16-8-4-5-12-19(16)20)21(25)23-17-10-7-11-18(14-17)28(26,27)24(2)3/h4-5,7-8,10-12,14-15,20,22H,6,9,13H2,1-3H3,(H,23,25)/t15-,20+/m0/s1. The van der Waals surface area contributed by atoms with E-state index in [1.807, 2.05) is 19.1 Å². The molecule has 1 aliphatic carbocycles. The Kier molecular flexibility index (Phi) is 6.17. The second-order valence-electron chi connectivity index (χ2n) is 7.34. The largest absolute Gasteiger partial charge is 0.325 e. The predicted molar refractivity (Wildman–Crippen MR) is 111 cm³/mol. The highest BCUT2D eigenvalue weighted by molar-refractivity contribution is 7.89. The maximum Gasteiger partial charge on any atom is 0.242 e. The second kappa shape index (κ2) is 8.43. The van der Waals surface area contributed by atoms with Crippen molar-refractivity contribution in [1.29, 1.82) is 0 Å². The lowest BCUT2D eigenvalue weighted by molar-refractivity contribution is -0.118. The first-order valence-electron chi connectivity index (χ1n) is 9.46. The number of nitrogens with zero attached hydrogens (tertiary/aromatic N) is 1. The minimum Gasteiger partial charge on any atom is -0.325 e. The van der Waals surface area contributed by atoms with Gasteiger partial charge in [0.15, 0.2) is 0 Å². The number of nitrogens with one attached hydrogen (secondary N) is 2. The Balaban J connectivity index is 1.69. The van der Waals surface area contributed by atoms with Gasteiger partial charge >= 0.3 is 0 Å². The fourth-order valence-corrected chi connectivity index (χ4v) is 4.45. The lowest BCUT2D eigenvalue weighted by atomic mass is 9.87. The normalized spacial score (nSPS) is 17.8. The van der Waals surface area contributed by atoms with E-state index in [2.05, 4.69) is 22.8 Å². The van der Waals surface area contributed by atoms with Crippen LogP contribution in [0.25, 0.3) is 0 Å². The van der Waals surface area contributed by atoms with Crippen LogP contribution in [0.15, 0.2) is 53.4 Å². The third-order valence-electron chi connectivity index (χ3n) is 5.09. The van der Waals surface area contributed by atoms with Crippen molar-refractivity contribution >= 4 is 21.6 Å². The number of hydrogen-bond donors (Lipinski definition) is 2. The second-order valence-corrected chi connectivity index (χ2v) is 9.49. The monoisotopic (exact) mass is 401 g/mol. The van der Waals surface area contributed by atoms with Gasteiger partial charge in [0.1, 0.15) is 0 Å². The summed E-state index contributed by atoms with van der Waals surface area (Å²) in [5.41, 5.74) is 3.05. The summed E-state index contributed by atoms with van der Waals surface area (Å²) < 4.78 is 25.7. The Morgan fingerprint density at radius 3 is 2.64 bits per heavy atom. The van der Waals surface area contributed by atoms with Gasteiger partial charge in [0, 0.05) is 25.8 Å². The van der Waals surface area contributed by atoms with Gasteiger partial charge in [-0.3, -0.25) is 10.1 Å². The van der Waals surface area contributed by atoms with Crippen LogP contribution in [0.4, 0.5) is 5.69 Å². The quantitative estimate of drug-likeness (QED) is 0.780. The molecule has 1 amide bonds. The number of anilines is 1. The Morgan fingerprint density at radius 2 is 1.89 bits per heavy atom. The van der Waals surface area contributed by atoms with Gasteiger partial charge in [0.2, 0.25) is 15.9 Å². The highest BCUT2D eigenvalue weighted by Gasteiger charge is 2.24. The van der Waals surface area contributed by atoms with Gasteiger partial charge in [0.25, 0.3) is 0 Å². The zero-order valence-electron chi connectivity index (χ0n) is 16.5. The molecule has 2 aromatic rings. The number of carbonyl (C=O) groups excluding carboxylic acids is 1. The van der Waals surface area contributed by atoms with Crippen LogP contribution in [0.2, 0.25) is 0 Å². The van der Waals surface area contributed by atoms with Gasteiger partial charge in [-0.05, 0) is 55.5 Å². The third-order valence-corrected chi connectivity index (χ3v) is 6.91. The molecule has 0 spiro atoms. The molecule has 0 radical (unpaired) electrons. The Morgan fingerprint density at radius 1 is 1.14 bits per heavy atom. The number of sulfonamides is 1. The van der Waals surface area contributed by atoms with Gasteiger partial charge in [-0.25, -0.2) is 12.7 Å². The Hall–Kier alpha value is -2.22. The molecule has 1 aliphatic rings. The maximum atomic E-state index is 12.7. The van der Waals surface area contributed by atoms with Crippen molar-refractivity contribution in [3.8, 4) is 0 Å². The summed E-state index contributed by atoms with van der Waals surface area (Å²) >= 11 is 0. The molecule has 6 nitrogen and oxygen atoms in total. The smallest absolute Gasteiger partial charge is 0.242 e. The van der Waals surface area contributed by atoms with Gasteiger partial charge in [-0.1, -0.05) is 30.3 Å². The summed E-state index contributed by atoms with van der Waals surface area (Å²) in [6, 6.07) is 14.4. The molecule has 2 N–H and O–H groups in total. The van der Waals surface area contributed by atoms with E-state index in [1.54, 1.807) is 12.1 Å². The predicted octanol–water partition coefficient (Wildman–Crippen LogP) is 2.93. The average Bonchev–Trinajstić information content (AvgIpc) is 2.68. The van der Waals surface area contributed by atoms with Crippen molar-refractivity contribution in [2.24, 2.45) is 0 Å². The van der Waals surface area contributed by atoms with Gasteiger partial charge in [-0.15, -0.1) is 0 Å². The van der Waals surface area contributed by atoms with E-state index in [-0.39, 0.29) is 16.8 Å². The van der Waals surface area contributed by atoms with E-state index < -0.39 is 16.1 Å². The molecule has 0 saturated heterocycles. The van der Waals surface area contributed by atoms with Crippen LogP contribution in [0, 0.1) is 0 Å². The molecule has 0 bridgehead atoms. The van der Waals surface area contributed by atoms with Crippen LogP contribution in [-0.4, -0.2) is 38.8 Å². The molecule has 0 aromatic heterocycles. The Labute approximate surface area is 167 Å². The average molecular weight is 402 g/mol. The molecular weight excluding hydrogens is 374 g/mol. The molecule has 0 heterocycles. The lowest BCUT2D eigenvalue weighted by Gasteiger charge is -2.29.